The first kappa shape index (κ1) is 24.0. The number of rotatable bonds is 5. The molecule has 0 aliphatic heterocycles. The molecule has 0 aliphatic carbocycles. The van der Waals surface area contributed by atoms with Gasteiger partial charge in [-0.15, -0.1) is 53.1 Å². The van der Waals surface area contributed by atoms with E-state index in [2.05, 4.69) is 47.8 Å². The van der Waals surface area contributed by atoms with Crippen molar-refractivity contribution in [3.05, 3.63) is 150 Å². The van der Waals surface area contributed by atoms with Gasteiger partial charge in [0.05, 0.1) is 13.7 Å². The van der Waals surface area contributed by atoms with E-state index in [9.17, 15) is 4.39 Å². The predicted octanol–water partition coefficient (Wildman–Crippen LogP) is 9.89. The van der Waals surface area contributed by atoms with E-state index in [0.717, 1.165) is 11.3 Å². The van der Waals surface area contributed by atoms with Crippen LogP contribution >= 0.6 is 0 Å². The summed E-state index contributed by atoms with van der Waals surface area (Å²) in [5, 5.41) is 2.08. The molecule has 0 bridgehead atoms. The third-order valence-corrected chi connectivity index (χ3v) is 9.33. The number of hydrogen-bond donors (Lipinski definition) is 0. The van der Waals surface area contributed by atoms with Crippen molar-refractivity contribution < 1.29 is 39.9 Å². The number of furan rings is 1. The zero-order valence-corrected chi connectivity index (χ0v) is 28.8. The monoisotopic (exact) mass is 807 g/mol. The molecule has 46 heavy (non-hydrogen) atoms. The van der Waals surface area contributed by atoms with Crippen molar-refractivity contribution in [2.75, 3.05) is 0 Å². The molecule has 1 radical (unpaired) electrons. The molecule has 0 aliphatic rings. The molecule has 3 aromatic heterocycles. The summed E-state index contributed by atoms with van der Waals surface area (Å²) in [4.78, 5) is 8.66. The van der Waals surface area contributed by atoms with E-state index in [1.807, 2.05) is 18.3 Å². The summed E-state index contributed by atoms with van der Waals surface area (Å²) < 4.78 is 83.3. The van der Waals surface area contributed by atoms with Crippen LogP contribution in [-0.4, -0.2) is 18.0 Å². The molecule has 4 aromatic carbocycles. The van der Waals surface area contributed by atoms with Gasteiger partial charge in [0.1, 0.15) is 11.4 Å². The Morgan fingerprint density at radius 1 is 0.848 bits per heavy atom. The number of pyridine rings is 2. The minimum Gasteiger partial charge on any atom is -0.501 e. The van der Waals surface area contributed by atoms with Crippen molar-refractivity contribution in [3.63, 3.8) is 0 Å². The standard InChI is InChI=1S/C25H17FNO.C15H18NSi.Ir/c1-16-7-9-20(22-15-19(26)11-12-27-22)25-24(16)21-14-18(8-10-23(21)28-25)13-17-5-3-2-4-6-17;1-12-5-7-13(8-6-12)15-10-9-14(11-16-15)17(2,3)4;/h2-8,10-12,14-15H,13H2,1H3;5-7,9-11H,1-4H3;/q2*-1;/i1D3,13D2;1D3;. The molecule has 0 saturated carbocycles. The predicted molar refractivity (Wildman–Crippen MR) is 186 cm³/mol. The van der Waals surface area contributed by atoms with E-state index in [4.69, 9.17) is 15.4 Å². The molecule has 7 rings (SSSR count). The fraction of sp³-hybridized carbons (Fsp3) is 0.150. The third kappa shape index (κ3) is 7.42. The van der Waals surface area contributed by atoms with Crippen molar-refractivity contribution in [1.29, 1.82) is 0 Å². The first-order valence-corrected chi connectivity index (χ1v) is 17.9. The Labute approximate surface area is 296 Å². The van der Waals surface area contributed by atoms with Crippen LogP contribution in [-0.2, 0) is 26.5 Å². The zero-order valence-electron chi connectivity index (χ0n) is 33.4. The first-order chi connectivity index (χ1) is 24.8. The minimum atomic E-state index is -2.46. The van der Waals surface area contributed by atoms with Crippen molar-refractivity contribution in [1.82, 2.24) is 9.97 Å². The fourth-order valence-corrected chi connectivity index (χ4v) is 5.94. The van der Waals surface area contributed by atoms with Crippen LogP contribution in [0, 0.1) is 31.7 Å². The molecule has 0 amide bonds. The van der Waals surface area contributed by atoms with Crippen LogP contribution in [0.5, 0.6) is 0 Å². The second-order valence-electron chi connectivity index (χ2n) is 11.6. The second kappa shape index (κ2) is 14.0. The topological polar surface area (TPSA) is 38.9 Å². The van der Waals surface area contributed by atoms with Crippen LogP contribution in [0.4, 0.5) is 4.39 Å². The van der Waals surface area contributed by atoms with Crippen LogP contribution < -0.4 is 5.19 Å². The number of aryl methyl sites for hydroxylation is 2. The minimum absolute atomic E-state index is 0. The summed E-state index contributed by atoms with van der Waals surface area (Å²) in [5.74, 6) is -0.490. The zero-order chi connectivity index (χ0) is 38.3. The molecular weight excluding hydrogens is 764 g/mol. The number of hydrogen-bond acceptors (Lipinski definition) is 3. The maximum atomic E-state index is 13.9. The van der Waals surface area contributed by atoms with E-state index in [1.165, 1.54) is 35.6 Å². The molecule has 3 nitrogen and oxygen atoms in total. The number of nitrogens with zero attached hydrogens (tertiary/aromatic N) is 2. The van der Waals surface area contributed by atoms with Gasteiger partial charge in [-0.1, -0.05) is 92.8 Å². The molecular formula is C40H35FIrN2OSi-2. The molecule has 0 fully saturated rings. The van der Waals surface area contributed by atoms with Crippen molar-refractivity contribution >= 4 is 35.2 Å². The Morgan fingerprint density at radius 2 is 1.70 bits per heavy atom. The number of aromatic nitrogens is 2. The van der Waals surface area contributed by atoms with Crippen LogP contribution in [0.25, 0.3) is 44.5 Å². The largest absolute Gasteiger partial charge is 0.501 e. The van der Waals surface area contributed by atoms with E-state index >= 15 is 0 Å². The Bertz CT molecular complexity index is 2340. The van der Waals surface area contributed by atoms with Gasteiger partial charge in [-0.25, -0.2) is 4.39 Å². The van der Waals surface area contributed by atoms with Gasteiger partial charge in [0, 0.05) is 48.9 Å². The Morgan fingerprint density at radius 3 is 2.37 bits per heavy atom. The van der Waals surface area contributed by atoms with E-state index in [-0.39, 0.29) is 36.9 Å². The molecule has 0 unspecified atom stereocenters. The Balaban J connectivity index is 0.000000230. The second-order valence-corrected chi connectivity index (χ2v) is 16.7. The molecule has 3 heterocycles. The van der Waals surface area contributed by atoms with E-state index in [0.29, 0.717) is 38.6 Å². The summed E-state index contributed by atoms with van der Waals surface area (Å²) in [6, 6.07) is 32.3. The maximum absolute atomic E-state index is 13.9. The molecule has 6 heteroatoms. The van der Waals surface area contributed by atoms with Gasteiger partial charge < -0.3 is 14.4 Å². The van der Waals surface area contributed by atoms with Crippen LogP contribution in [0.15, 0.2) is 114 Å². The van der Waals surface area contributed by atoms with Crippen LogP contribution in [0.2, 0.25) is 19.6 Å². The number of halogens is 1. The Hall–Kier alpha value is -4.22. The molecule has 233 valence electrons. The van der Waals surface area contributed by atoms with E-state index < -0.39 is 34.0 Å². The smallest absolute Gasteiger partial charge is 0.120 e. The molecule has 0 spiro atoms. The average molecular weight is 807 g/mol. The van der Waals surface area contributed by atoms with Gasteiger partial charge in [0.25, 0.3) is 0 Å². The first-order valence-electron chi connectivity index (χ1n) is 18.4. The van der Waals surface area contributed by atoms with Gasteiger partial charge in [0.15, 0.2) is 0 Å². The third-order valence-electron chi connectivity index (χ3n) is 7.30. The van der Waals surface area contributed by atoms with Crippen LogP contribution in [0.3, 0.4) is 0 Å². The summed E-state index contributed by atoms with van der Waals surface area (Å²) >= 11 is 0. The maximum Gasteiger partial charge on any atom is 0.120 e. The summed E-state index contributed by atoms with van der Waals surface area (Å²) in [7, 11) is -1.34. The average Bonchev–Trinajstić information content (AvgIpc) is 3.50. The van der Waals surface area contributed by atoms with Gasteiger partial charge in [-0.3, -0.25) is 0 Å². The van der Waals surface area contributed by atoms with Crippen molar-refractivity contribution in [2.24, 2.45) is 0 Å². The normalized spacial score (nSPS) is 14.6. The fourth-order valence-electron chi connectivity index (χ4n) is 4.90. The molecule has 0 N–H and O–H groups in total. The van der Waals surface area contributed by atoms with Gasteiger partial charge in [0.2, 0.25) is 0 Å². The van der Waals surface area contributed by atoms with Crippen LogP contribution in [0.1, 0.15) is 33.2 Å². The molecule has 0 atom stereocenters. The van der Waals surface area contributed by atoms with Gasteiger partial charge in [-0.05, 0) is 58.3 Å². The Kier molecular flexibility index (Phi) is 7.33. The number of benzene rings is 4. The van der Waals surface area contributed by atoms with Gasteiger partial charge in [-0.2, -0.15) is 0 Å². The quantitative estimate of drug-likeness (QED) is 0.129. The summed E-state index contributed by atoms with van der Waals surface area (Å²) in [5.41, 5.74) is 4.01. The molecule has 7 aromatic rings. The van der Waals surface area contributed by atoms with Crippen molar-refractivity contribution in [3.8, 4) is 22.5 Å². The molecule has 0 saturated heterocycles. The summed E-state index contributed by atoms with van der Waals surface area (Å²) in [6.45, 7) is 2.29. The summed E-state index contributed by atoms with van der Waals surface area (Å²) in [6.07, 6.45) is 1.43. The number of fused-ring (bicyclic) bond motifs is 3. The van der Waals surface area contributed by atoms with E-state index in [1.54, 1.807) is 54.6 Å². The van der Waals surface area contributed by atoms with Crippen molar-refractivity contribution in [2.45, 2.75) is 39.7 Å². The SMILES string of the molecule is [2H]C([2H])([2H])c1c[c-]c(-c2cc(F)ccn2)c2oc3ccc(C([2H])([2H])c4ccccc4)cc3c12.[2H]C([2H])([2H])c1c[c-]c(-c2ccc([Si](C)(C)C)cn2)cc1.[Ir]. The van der Waals surface area contributed by atoms with Gasteiger partial charge >= 0.3 is 0 Å².